The SMILES string of the molecule is Nc1c(N)[n+]([O-])c(O)c(N)[n+]1[O-]. The average Bonchev–Trinajstić information content (AvgIpc) is 2.08. The van der Waals surface area contributed by atoms with Gasteiger partial charge in [0.15, 0.2) is 0 Å². The average molecular weight is 173 g/mol. The summed E-state index contributed by atoms with van der Waals surface area (Å²) in [6.07, 6.45) is 0. The lowest BCUT2D eigenvalue weighted by molar-refractivity contribution is -0.639. The third-order valence-electron chi connectivity index (χ3n) is 1.34. The molecule has 0 aliphatic heterocycles. The first-order valence-corrected chi connectivity index (χ1v) is 2.85. The van der Waals surface area contributed by atoms with Gasteiger partial charge in [0.25, 0.3) is 0 Å². The summed E-state index contributed by atoms with van der Waals surface area (Å²) in [6, 6.07) is 0. The zero-order chi connectivity index (χ0) is 9.46. The molecular formula is C4H7N5O3. The minimum atomic E-state index is -0.961. The minimum absolute atomic E-state index is 0.0287. The van der Waals surface area contributed by atoms with Crippen molar-refractivity contribution in [3.05, 3.63) is 10.4 Å². The van der Waals surface area contributed by atoms with Crippen LogP contribution < -0.4 is 26.7 Å². The smallest absolute Gasteiger partial charge is 0.360 e. The van der Waals surface area contributed by atoms with Crippen LogP contribution in [0, 0.1) is 10.4 Å². The highest BCUT2D eigenvalue weighted by Crippen LogP contribution is 2.13. The topological polar surface area (TPSA) is 152 Å². The Morgan fingerprint density at radius 3 is 1.83 bits per heavy atom. The lowest BCUT2D eigenvalue weighted by Crippen LogP contribution is -2.44. The number of nitrogen functional groups attached to an aromatic ring is 3. The molecular weight excluding hydrogens is 166 g/mol. The van der Waals surface area contributed by atoms with Gasteiger partial charge in [-0.05, 0) is 0 Å². The molecule has 0 bridgehead atoms. The first-order chi connectivity index (χ1) is 5.46. The molecule has 0 unspecified atom stereocenters. The molecule has 0 saturated carbocycles. The van der Waals surface area contributed by atoms with Crippen molar-refractivity contribution in [2.75, 3.05) is 17.2 Å². The van der Waals surface area contributed by atoms with Gasteiger partial charge in [0.05, 0.1) is 0 Å². The van der Waals surface area contributed by atoms with Crippen molar-refractivity contribution in [1.29, 1.82) is 0 Å². The van der Waals surface area contributed by atoms with E-state index in [2.05, 4.69) is 0 Å². The molecule has 1 heterocycles. The molecule has 0 saturated heterocycles. The van der Waals surface area contributed by atoms with E-state index in [1.807, 2.05) is 0 Å². The van der Waals surface area contributed by atoms with Gasteiger partial charge >= 0.3 is 23.3 Å². The van der Waals surface area contributed by atoms with E-state index in [-0.39, 0.29) is 9.46 Å². The molecule has 7 N–H and O–H groups in total. The summed E-state index contributed by atoms with van der Waals surface area (Å²) in [5.41, 5.74) is 15.1. The van der Waals surface area contributed by atoms with Crippen LogP contribution in [0.4, 0.5) is 17.5 Å². The fourth-order valence-corrected chi connectivity index (χ4v) is 0.647. The Bertz CT molecular complexity index is 233. The molecule has 0 fully saturated rings. The second-order valence-electron chi connectivity index (χ2n) is 2.07. The van der Waals surface area contributed by atoms with E-state index in [0.29, 0.717) is 0 Å². The van der Waals surface area contributed by atoms with Crippen LogP contribution in [0.15, 0.2) is 0 Å². The van der Waals surface area contributed by atoms with Gasteiger partial charge in [-0.25, -0.2) is 4.73 Å². The van der Waals surface area contributed by atoms with Crippen molar-refractivity contribution >= 4 is 17.5 Å². The van der Waals surface area contributed by atoms with E-state index in [1.54, 1.807) is 0 Å². The van der Waals surface area contributed by atoms with Crippen LogP contribution in [0.2, 0.25) is 0 Å². The zero-order valence-electron chi connectivity index (χ0n) is 5.89. The first-order valence-electron chi connectivity index (χ1n) is 2.85. The standard InChI is InChI=1S/C4H7N5O3/c5-1-2(6)9(12)4(10)3(7)8(1)11/h10H,5-7H2. The van der Waals surface area contributed by atoms with Crippen molar-refractivity contribution in [1.82, 2.24) is 0 Å². The summed E-state index contributed by atoms with van der Waals surface area (Å²) in [5.74, 6) is -2.77. The largest absolute Gasteiger partial charge is 0.740 e. The Labute approximate surface area is 66.6 Å². The molecule has 1 aromatic rings. The lowest BCUT2D eigenvalue weighted by Gasteiger charge is -2.14. The predicted octanol–water partition coefficient (Wildman–Crippen LogP) is -2.59. The maximum Gasteiger partial charge on any atom is 0.360 e. The van der Waals surface area contributed by atoms with Crippen LogP contribution in [-0.2, 0) is 0 Å². The molecule has 0 atom stereocenters. The van der Waals surface area contributed by atoms with Crippen molar-refractivity contribution < 1.29 is 14.6 Å². The summed E-state index contributed by atoms with van der Waals surface area (Å²) < 4.78 is -0.155. The summed E-state index contributed by atoms with van der Waals surface area (Å²) >= 11 is 0. The van der Waals surface area contributed by atoms with E-state index < -0.39 is 23.3 Å². The number of nitrogens with zero attached hydrogens (tertiary/aromatic N) is 2. The third-order valence-corrected chi connectivity index (χ3v) is 1.34. The number of rotatable bonds is 0. The highest BCUT2D eigenvalue weighted by atomic mass is 16.5. The van der Waals surface area contributed by atoms with Crippen molar-refractivity contribution in [2.24, 2.45) is 0 Å². The molecule has 1 aromatic heterocycles. The molecule has 8 heteroatoms. The highest BCUT2D eigenvalue weighted by molar-refractivity contribution is 5.47. The maximum atomic E-state index is 10.8. The molecule has 0 aromatic carbocycles. The van der Waals surface area contributed by atoms with Gasteiger partial charge < -0.3 is 27.0 Å². The van der Waals surface area contributed by atoms with E-state index in [9.17, 15) is 10.4 Å². The number of hydrogen-bond acceptors (Lipinski definition) is 6. The second-order valence-corrected chi connectivity index (χ2v) is 2.07. The van der Waals surface area contributed by atoms with Crippen molar-refractivity contribution in [2.45, 2.75) is 0 Å². The van der Waals surface area contributed by atoms with Crippen LogP contribution in [0.25, 0.3) is 0 Å². The van der Waals surface area contributed by atoms with Gasteiger partial charge in [0.2, 0.25) is 0 Å². The highest BCUT2D eigenvalue weighted by Gasteiger charge is 2.20. The molecule has 66 valence electrons. The first kappa shape index (κ1) is 7.98. The summed E-state index contributed by atoms with van der Waals surface area (Å²) in [4.78, 5) is 0. The van der Waals surface area contributed by atoms with Gasteiger partial charge in [-0.15, -0.1) is 0 Å². The minimum Gasteiger partial charge on any atom is -0.740 e. The number of nitrogens with two attached hydrogens (primary N) is 3. The normalized spacial score (nSPS) is 10.0. The van der Waals surface area contributed by atoms with Gasteiger partial charge in [-0.3, -0.25) is 5.73 Å². The van der Waals surface area contributed by atoms with Gasteiger partial charge in [-0.1, -0.05) is 0 Å². The Kier molecular flexibility index (Phi) is 1.45. The third kappa shape index (κ3) is 0.779. The Morgan fingerprint density at radius 2 is 1.33 bits per heavy atom. The molecule has 0 amide bonds. The van der Waals surface area contributed by atoms with Crippen LogP contribution in [0.1, 0.15) is 0 Å². The van der Waals surface area contributed by atoms with Crippen LogP contribution in [-0.4, -0.2) is 5.11 Å². The molecule has 8 nitrogen and oxygen atoms in total. The lowest BCUT2D eigenvalue weighted by atomic mass is 10.5. The Hall–Kier alpha value is -2.12. The van der Waals surface area contributed by atoms with E-state index >= 15 is 0 Å². The second kappa shape index (κ2) is 2.19. The number of aromatic nitrogens is 2. The van der Waals surface area contributed by atoms with Gasteiger partial charge in [-0.2, -0.15) is 4.73 Å². The fraction of sp³-hybridized carbons (Fsp3) is 0. The monoisotopic (exact) mass is 173 g/mol. The van der Waals surface area contributed by atoms with E-state index in [1.165, 1.54) is 0 Å². The fourth-order valence-electron chi connectivity index (χ4n) is 0.647. The van der Waals surface area contributed by atoms with Crippen molar-refractivity contribution in [3.63, 3.8) is 0 Å². The van der Waals surface area contributed by atoms with Crippen LogP contribution >= 0.6 is 0 Å². The van der Waals surface area contributed by atoms with Crippen molar-refractivity contribution in [3.8, 4) is 5.88 Å². The summed E-state index contributed by atoms with van der Waals surface area (Å²) in [7, 11) is 0. The molecule has 0 radical (unpaired) electrons. The Balaban J connectivity index is 3.60. The van der Waals surface area contributed by atoms with Gasteiger partial charge in [0, 0.05) is 0 Å². The molecule has 0 aliphatic rings. The molecule has 12 heavy (non-hydrogen) atoms. The van der Waals surface area contributed by atoms with E-state index in [0.717, 1.165) is 0 Å². The summed E-state index contributed by atoms with van der Waals surface area (Å²) in [6.45, 7) is 0. The molecule has 0 spiro atoms. The maximum absolute atomic E-state index is 10.8. The number of hydrogen-bond donors (Lipinski definition) is 4. The van der Waals surface area contributed by atoms with Crippen LogP contribution in [0.3, 0.4) is 0 Å². The Morgan fingerprint density at radius 1 is 0.917 bits per heavy atom. The molecule has 0 aliphatic carbocycles. The number of aromatic hydroxyl groups is 1. The van der Waals surface area contributed by atoms with E-state index in [4.69, 9.17) is 22.3 Å². The quantitative estimate of drug-likeness (QED) is 0.249. The predicted molar refractivity (Wildman–Crippen MR) is 39.3 cm³/mol. The zero-order valence-corrected chi connectivity index (χ0v) is 5.89. The molecule has 1 rings (SSSR count). The van der Waals surface area contributed by atoms with Crippen LogP contribution in [0.5, 0.6) is 5.88 Å². The summed E-state index contributed by atoms with van der Waals surface area (Å²) in [5, 5.41) is 30.5. The van der Waals surface area contributed by atoms with Gasteiger partial charge in [0.1, 0.15) is 0 Å². The number of anilines is 3.